The van der Waals surface area contributed by atoms with Gasteiger partial charge in [-0.05, 0) is 130 Å². The molecule has 0 unspecified atom stereocenters. The van der Waals surface area contributed by atoms with Crippen molar-refractivity contribution in [1.82, 2.24) is 31.9 Å². The summed E-state index contributed by atoms with van der Waals surface area (Å²) < 4.78 is 43.5. The summed E-state index contributed by atoms with van der Waals surface area (Å²) in [7, 11) is 0. The fourth-order valence-electron chi connectivity index (χ4n) is 15.1. The average molecular weight is 1980 g/mol. The van der Waals surface area contributed by atoms with Gasteiger partial charge in [-0.3, -0.25) is 76.7 Å². The predicted octanol–water partition coefficient (Wildman–Crippen LogP) is 10.4. The van der Waals surface area contributed by atoms with Crippen LogP contribution in [0.3, 0.4) is 0 Å². The summed E-state index contributed by atoms with van der Waals surface area (Å²) in [6.45, 7) is 7.88. The number of aliphatic carboxylic acids is 4. The Labute approximate surface area is 825 Å². The minimum absolute atomic E-state index is 0.00148. The SMILES string of the molecule is CC(=O)[C@H](CCCCNC(=O)[C@@H](N)CCCCCC(=O)COCCOCCNC(=O)COCCOCCCC(=O)CC[C@H](NC(=O)CCCCCCCCCCCCCCC(=O)O)C(=O)O)CC(=O)[C@H](CCCCNC(=O)[C@@H](N)CCCCNC(=O)COCCOCCCC(=O)COCCOCCNC(=O)CC[C@H](CC(=O)CCCCCCCCCCCCCCC(=O)O)C(=O)O)CC(=O)C(C)(C)N. The molecule has 0 saturated carbocycles. The molecule has 0 spiro atoms. The van der Waals surface area contributed by atoms with Gasteiger partial charge >= 0.3 is 23.9 Å². The number of Topliss-reactive ketones (excluding diaryl/α,β-unsaturated/α-hetero) is 7. The Morgan fingerprint density at radius 2 is 0.619 bits per heavy atom. The molecular formula is C101H179N9O29. The minimum Gasteiger partial charge on any atom is -0.481 e. The van der Waals surface area contributed by atoms with Gasteiger partial charge in [-0.1, -0.05) is 154 Å². The Bertz CT molecular complexity index is 3380. The van der Waals surface area contributed by atoms with Crippen LogP contribution in [-0.4, -0.2) is 282 Å². The first kappa shape index (κ1) is 131. The van der Waals surface area contributed by atoms with Crippen molar-refractivity contribution < 1.29 is 140 Å². The summed E-state index contributed by atoms with van der Waals surface area (Å²) in [6, 6.07) is -2.68. The molecule has 139 heavy (non-hydrogen) atoms. The molecule has 0 aliphatic heterocycles. The van der Waals surface area contributed by atoms with Crippen molar-refractivity contribution >= 4 is 99.8 Å². The lowest BCUT2D eigenvalue weighted by Crippen LogP contribution is -2.43. The quantitative estimate of drug-likeness (QED) is 0.0252. The van der Waals surface area contributed by atoms with E-state index in [1.807, 2.05) is 0 Å². The van der Waals surface area contributed by atoms with E-state index in [0.29, 0.717) is 142 Å². The molecular weight excluding hydrogens is 1800 g/mol. The Hall–Kier alpha value is -8.05. The normalized spacial score (nSPS) is 12.7. The minimum atomic E-state index is -1.18. The van der Waals surface area contributed by atoms with Crippen LogP contribution in [0.15, 0.2) is 0 Å². The van der Waals surface area contributed by atoms with Crippen molar-refractivity contribution in [2.45, 2.75) is 385 Å². The number of carboxylic acids is 4. The molecule has 0 saturated heterocycles. The van der Waals surface area contributed by atoms with Crippen molar-refractivity contribution in [3.05, 3.63) is 0 Å². The van der Waals surface area contributed by atoms with Crippen LogP contribution >= 0.6 is 0 Å². The van der Waals surface area contributed by atoms with E-state index in [2.05, 4.69) is 31.9 Å². The van der Waals surface area contributed by atoms with Gasteiger partial charge in [0, 0.05) is 135 Å². The number of carboxylic acid groups (broad SMARTS) is 4. The lowest BCUT2D eigenvalue weighted by Gasteiger charge is -2.23. The zero-order valence-corrected chi connectivity index (χ0v) is 84.5. The van der Waals surface area contributed by atoms with Gasteiger partial charge in [0.1, 0.15) is 55.6 Å². The topological polar surface area (TPSA) is 595 Å². The maximum atomic E-state index is 13.8. The third kappa shape index (κ3) is 85.3. The van der Waals surface area contributed by atoms with Crippen molar-refractivity contribution in [3.8, 4) is 0 Å². The summed E-state index contributed by atoms with van der Waals surface area (Å²) in [4.78, 5) is 209. The maximum absolute atomic E-state index is 13.8. The van der Waals surface area contributed by atoms with Gasteiger partial charge in [0.25, 0.3) is 0 Å². The monoisotopic (exact) mass is 1980 g/mol. The maximum Gasteiger partial charge on any atom is 0.326 e. The molecule has 0 heterocycles. The van der Waals surface area contributed by atoms with Gasteiger partial charge in [-0.2, -0.15) is 0 Å². The molecule has 0 aromatic rings. The number of carbonyl (C=O) groups excluding carboxylic acids is 13. The molecule has 0 radical (unpaired) electrons. The molecule has 16 N–H and O–H groups in total. The molecule has 0 aliphatic carbocycles. The van der Waals surface area contributed by atoms with Gasteiger partial charge in [-0.25, -0.2) is 4.79 Å². The molecule has 0 aliphatic rings. The first-order valence-corrected chi connectivity index (χ1v) is 51.8. The van der Waals surface area contributed by atoms with E-state index < -0.39 is 65.3 Å². The summed E-state index contributed by atoms with van der Waals surface area (Å²) in [6.07, 6.45) is 33.5. The Kier molecular flexibility index (Phi) is 84.8. The van der Waals surface area contributed by atoms with E-state index in [1.54, 1.807) is 13.8 Å². The fraction of sp³-hybridized carbons (Fsp3) is 0.832. The number of rotatable bonds is 105. The number of carbonyl (C=O) groups is 17. The van der Waals surface area contributed by atoms with Crippen LogP contribution in [0.2, 0.25) is 0 Å². The van der Waals surface area contributed by atoms with Crippen LogP contribution in [0.5, 0.6) is 0 Å². The second kappa shape index (κ2) is 90.0. The van der Waals surface area contributed by atoms with E-state index >= 15 is 0 Å². The standard InChI is InChI=1S/C101H179N9O29/c1-78(111)79(39-31-34-55-108-97(126)86(102)45-27-24-26-42-84(114)74-136-67-66-135-62-58-107-94(121)77-139-70-63-132-59-37-43-82(112)51-52-88(100(130)131)110-92(119)47-28-21-17-13-9-5-7-11-15-19-23-30-49-96(124)125)72-89(116)80(73-90(117)101(2,3)104)40-32-35-56-109-98(127)87(103)46-33-36-54-105-93(120)76-138-69-64-133-60-38-44-85(115)75-137-68-65-134-61-57-106-91(118)53-50-81(99(128)129)71-83(113)41-25-20-16-12-8-4-6-10-14-18-22-29-48-95(122)123/h79-81,86-88H,4-77,102-104H2,1-3H3,(H,105,120)(H,106,118)(H,107,121)(H,108,126)(H,109,127)(H,110,119)(H,122,123)(H,124,125)(H,128,129)(H,130,131)/t79-,80-,81-,86+,87+,88+/m1/s1. The fourth-order valence-corrected chi connectivity index (χ4v) is 15.1. The molecule has 802 valence electrons. The number of ketones is 7. The number of hydrogen-bond acceptors (Lipinski definition) is 28. The third-order valence-corrected chi connectivity index (χ3v) is 23.7. The molecule has 0 aromatic heterocycles. The molecule has 38 nitrogen and oxygen atoms in total. The first-order valence-electron chi connectivity index (χ1n) is 51.8. The van der Waals surface area contributed by atoms with Crippen molar-refractivity contribution in [3.63, 3.8) is 0 Å². The largest absolute Gasteiger partial charge is 0.481 e. The molecule has 6 amide bonds. The second-order valence-electron chi connectivity index (χ2n) is 37.0. The predicted molar refractivity (Wildman–Crippen MR) is 524 cm³/mol. The van der Waals surface area contributed by atoms with E-state index in [-0.39, 0.29) is 272 Å². The van der Waals surface area contributed by atoms with Gasteiger partial charge < -0.3 is 107 Å². The van der Waals surface area contributed by atoms with Crippen molar-refractivity contribution in [1.29, 1.82) is 0 Å². The Morgan fingerprint density at radius 3 is 1.04 bits per heavy atom. The number of nitrogens with two attached hydrogens (primary N) is 3. The number of nitrogens with one attached hydrogen (secondary N) is 6. The Balaban J connectivity index is 4.13. The average Bonchev–Trinajstić information content (AvgIpc) is 0.866. The van der Waals surface area contributed by atoms with E-state index in [4.69, 9.17) is 65.3 Å². The summed E-state index contributed by atoms with van der Waals surface area (Å²) >= 11 is 0. The van der Waals surface area contributed by atoms with Gasteiger partial charge in [0.15, 0.2) is 17.3 Å². The Morgan fingerprint density at radius 1 is 0.273 bits per heavy atom. The van der Waals surface area contributed by atoms with Crippen LogP contribution in [0.1, 0.15) is 361 Å². The van der Waals surface area contributed by atoms with E-state index in [0.717, 1.165) is 135 Å². The smallest absolute Gasteiger partial charge is 0.326 e. The summed E-state index contributed by atoms with van der Waals surface area (Å²) in [5.74, 6) is -9.07. The van der Waals surface area contributed by atoms with Gasteiger partial charge in [0.05, 0.1) is 89.6 Å². The molecule has 0 rings (SSSR count). The summed E-state index contributed by atoms with van der Waals surface area (Å²) in [5.41, 5.74) is 17.3. The molecule has 6 atom stereocenters. The molecule has 0 fully saturated rings. The number of amides is 6. The van der Waals surface area contributed by atoms with Crippen LogP contribution in [-0.2, 0) is 119 Å². The zero-order valence-electron chi connectivity index (χ0n) is 84.5. The molecule has 0 aromatic carbocycles. The molecule has 0 bridgehead atoms. The highest BCUT2D eigenvalue weighted by Crippen LogP contribution is 2.26. The number of hydrogen-bond donors (Lipinski definition) is 13. The van der Waals surface area contributed by atoms with Crippen LogP contribution in [0.25, 0.3) is 0 Å². The highest BCUT2D eigenvalue weighted by molar-refractivity contribution is 5.94. The van der Waals surface area contributed by atoms with E-state index in [1.165, 1.54) is 13.3 Å². The summed E-state index contributed by atoms with van der Waals surface area (Å²) in [5, 5.41) is 53.0. The van der Waals surface area contributed by atoms with Gasteiger partial charge in [0.2, 0.25) is 35.4 Å². The highest BCUT2D eigenvalue weighted by atomic mass is 16.5. The van der Waals surface area contributed by atoms with Crippen LogP contribution in [0, 0.1) is 17.8 Å². The van der Waals surface area contributed by atoms with Crippen molar-refractivity contribution in [2.75, 3.05) is 138 Å². The van der Waals surface area contributed by atoms with E-state index in [9.17, 15) is 91.7 Å². The first-order chi connectivity index (χ1) is 66.7. The lowest BCUT2D eigenvalue weighted by molar-refractivity contribution is -0.144. The van der Waals surface area contributed by atoms with Gasteiger partial charge in [-0.15, -0.1) is 0 Å². The number of ether oxygens (including phenoxy) is 8. The third-order valence-electron chi connectivity index (χ3n) is 23.7. The zero-order chi connectivity index (χ0) is 103. The van der Waals surface area contributed by atoms with Crippen LogP contribution < -0.4 is 49.1 Å². The van der Waals surface area contributed by atoms with Crippen molar-refractivity contribution in [2.24, 2.45) is 35.0 Å². The number of unbranched alkanes of at least 4 members (excludes halogenated alkanes) is 27. The highest BCUT2D eigenvalue weighted by Gasteiger charge is 2.32. The lowest BCUT2D eigenvalue weighted by atomic mass is 9.82. The second-order valence-corrected chi connectivity index (χ2v) is 37.0. The van der Waals surface area contributed by atoms with Crippen LogP contribution in [0.4, 0.5) is 0 Å². The molecule has 38 heteroatoms.